The number of hydrogen-bond donors (Lipinski definition) is 0. The minimum Gasteiger partial charge on any atom is -0.473 e. The van der Waals surface area contributed by atoms with Gasteiger partial charge in [-0.25, -0.2) is 9.18 Å². The Hall–Kier alpha value is -2.12. The molecule has 120 valence electrons. The number of ether oxygens (including phenoxy) is 2. The monoisotopic (exact) mass is 337 g/mol. The third-order valence-corrected chi connectivity index (χ3v) is 4.31. The zero-order chi connectivity index (χ0) is 16.0. The van der Waals surface area contributed by atoms with Crippen LogP contribution in [-0.4, -0.2) is 28.9 Å². The van der Waals surface area contributed by atoms with E-state index in [1.54, 1.807) is 16.7 Å². The minimum absolute atomic E-state index is 0.0581. The maximum absolute atomic E-state index is 13.4. The molecule has 2 aliphatic heterocycles. The number of halogens is 2. The first-order chi connectivity index (χ1) is 11.1. The maximum atomic E-state index is 13.4. The average molecular weight is 338 g/mol. The van der Waals surface area contributed by atoms with Gasteiger partial charge in [-0.3, -0.25) is 4.57 Å². The van der Waals surface area contributed by atoms with Crippen molar-refractivity contribution in [3.05, 3.63) is 51.2 Å². The highest BCUT2D eigenvalue weighted by Gasteiger charge is 2.35. The van der Waals surface area contributed by atoms with Gasteiger partial charge in [-0.2, -0.15) is 4.98 Å². The molecule has 23 heavy (non-hydrogen) atoms. The van der Waals surface area contributed by atoms with Crippen molar-refractivity contribution in [2.45, 2.75) is 19.2 Å². The highest BCUT2D eigenvalue weighted by molar-refractivity contribution is 6.30. The molecule has 1 saturated heterocycles. The van der Waals surface area contributed by atoms with Crippen LogP contribution in [0, 0.1) is 5.82 Å². The first-order valence-corrected chi connectivity index (χ1v) is 7.52. The van der Waals surface area contributed by atoms with Crippen molar-refractivity contribution >= 4 is 17.4 Å². The zero-order valence-corrected chi connectivity index (χ0v) is 12.8. The average Bonchev–Trinajstić information content (AvgIpc) is 3.10. The van der Waals surface area contributed by atoms with Crippen molar-refractivity contribution in [2.24, 2.45) is 0 Å². The highest BCUT2D eigenvalue weighted by atomic mass is 35.5. The fraction of sp³-hybridized carbons (Fsp3) is 0.333. The molecule has 1 aromatic heterocycles. The van der Waals surface area contributed by atoms with Gasteiger partial charge >= 0.3 is 5.69 Å². The van der Waals surface area contributed by atoms with Crippen LogP contribution >= 0.6 is 11.6 Å². The van der Waals surface area contributed by atoms with Crippen LogP contribution in [0.4, 0.5) is 10.2 Å². The summed E-state index contributed by atoms with van der Waals surface area (Å²) in [4.78, 5) is 18.0. The lowest BCUT2D eigenvalue weighted by Gasteiger charge is -2.15. The second kappa shape index (κ2) is 5.50. The van der Waals surface area contributed by atoms with E-state index in [0.29, 0.717) is 25.4 Å². The fourth-order valence-corrected chi connectivity index (χ4v) is 2.96. The lowest BCUT2D eigenvalue weighted by Crippen LogP contribution is -2.26. The van der Waals surface area contributed by atoms with E-state index < -0.39 is 5.82 Å². The molecule has 0 radical (unpaired) electrons. The molecule has 0 amide bonds. The number of aromatic nitrogens is 2. The van der Waals surface area contributed by atoms with E-state index in [4.69, 9.17) is 21.1 Å². The lowest BCUT2D eigenvalue weighted by molar-refractivity contribution is 0.189. The molecule has 0 N–H and O–H groups in total. The van der Waals surface area contributed by atoms with Crippen LogP contribution in [0.2, 0.25) is 5.02 Å². The van der Waals surface area contributed by atoms with Gasteiger partial charge in [-0.1, -0.05) is 17.7 Å². The molecule has 2 aromatic rings. The number of benzene rings is 1. The van der Waals surface area contributed by atoms with Crippen molar-refractivity contribution in [1.82, 2.24) is 9.55 Å². The molecule has 0 unspecified atom stereocenters. The summed E-state index contributed by atoms with van der Waals surface area (Å²) in [5.74, 6) is 0.445. The third kappa shape index (κ3) is 2.55. The summed E-state index contributed by atoms with van der Waals surface area (Å²) in [6.45, 7) is 1.73. The quantitative estimate of drug-likeness (QED) is 0.854. The Bertz CT molecular complexity index is 826. The van der Waals surface area contributed by atoms with Gasteiger partial charge in [0.2, 0.25) is 5.88 Å². The second-order valence-electron chi connectivity index (χ2n) is 5.51. The molecule has 2 aliphatic rings. The fourth-order valence-electron chi connectivity index (χ4n) is 2.84. The Labute approximate surface area is 136 Å². The molecule has 6 nitrogen and oxygen atoms in total. The molecule has 8 heteroatoms. The third-order valence-electron chi connectivity index (χ3n) is 4.01. The van der Waals surface area contributed by atoms with Crippen molar-refractivity contribution < 1.29 is 13.9 Å². The van der Waals surface area contributed by atoms with Crippen molar-refractivity contribution in [1.29, 1.82) is 0 Å². The summed E-state index contributed by atoms with van der Waals surface area (Å²) in [6.07, 6.45) is 0. The van der Waals surface area contributed by atoms with Crippen LogP contribution in [0.3, 0.4) is 0 Å². The minimum atomic E-state index is -0.508. The molecule has 1 atom stereocenters. The summed E-state index contributed by atoms with van der Waals surface area (Å²) in [5.41, 5.74) is 0.255. The van der Waals surface area contributed by atoms with Gasteiger partial charge in [0.25, 0.3) is 0 Å². The molecule has 0 aliphatic carbocycles. The molecular weight excluding hydrogens is 325 g/mol. The molecule has 4 rings (SSSR count). The van der Waals surface area contributed by atoms with E-state index in [1.165, 1.54) is 12.1 Å². The van der Waals surface area contributed by atoms with Crippen molar-refractivity contribution in [3.63, 3.8) is 0 Å². The Morgan fingerprint density at radius 3 is 3.13 bits per heavy atom. The van der Waals surface area contributed by atoms with E-state index >= 15 is 0 Å². The van der Waals surface area contributed by atoms with E-state index in [0.717, 1.165) is 5.82 Å². The molecule has 0 bridgehead atoms. The standard InChI is InChI=1S/C15H13ClFN3O3/c16-11-2-1-9(3-12(11)17)6-23-13-4-14-19(15(21)18-13)5-10-7-22-8-20(10)14/h1-4,10H,5-8H2/t10-/m0/s1. The summed E-state index contributed by atoms with van der Waals surface area (Å²) < 4.78 is 26.0. The Morgan fingerprint density at radius 2 is 2.30 bits per heavy atom. The Morgan fingerprint density at radius 1 is 1.43 bits per heavy atom. The molecular formula is C15H13ClFN3O3. The van der Waals surface area contributed by atoms with E-state index in [-0.39, 0.29) is 29.2 Å². The summed E-state index contributed by atoms with van der Waals surface area (Å²) in [6, 6.07) is 6.31. The Kier molecular flexibility index (Phi) is 3.46. The van der Waals surface area contributed by atoms with E-state index in [9.17, 15) is 9.18 Å². The van der Waals surface area contributed by atoms with Crippen LogP contribution in [-0.2, 0) is 17.9 Å². The number of fused-ring (bicyclic) bond motifs is 3. The number of anilines is 1. The molecule has 1 fully saturated rings. The first kappa shape index (κ1) is 14.5. The Balaban J connectivity index is 1.56. The molecule has 3 heterocycles. The topological polar surface area (TPSA) is 56.6 Å². The number of nitrogens with zero attached hydrogens (tertiary/aromatic N) is 3. The summed E-state index contributed by atoms with van der Waals surface area (Å²) >= 11 is 5.64. The van der Waals surface area contributed by atoms with E-state index in [2.05, 4.69) is 4.98 Å². The molecule has 0 spiro atoms. The summed E-state index contributed by atoms with van der Waals surface area (Å²) in [5, 5.41) is 0.0581. The highest BCUT2D eigenvalue weighted by Crippen LogP contribution is 2.29. The lowest BCUT2D eigenvalue weighted by atomic mass is 10.2. The molecule has 0 saturated carbocycles. The van der Waals surface area contributed by atoms with Gasteiger partial charge in [0.05, 0.1) is 24.2 Å². The van der Waals surface area contributed by atoms with E-state index in [1.807, 2.05) is 4.90 Å². The SMILES string of the molecule is O=c1nc(OCc2ccc(Cl)c(F)c2)cc2n1C[C@H]1COCN21. The van der Waals surface area contributed by atoms with Gasteiger partial charge in [0.1, 0.15) is 25.0 Å². The molecule has 1 aromatic carbocycles. The predicted molar refractivity (Wildman–Crippen MR) is 81.3 cm³/mol. The van der Waals surface area contributed by atoms with Crippen molar-refractivity contribution in [2.75, 3.05) is 18.2 Å². The van der Waals surface area contributed by atoms with Crippen LogP contribution < -0.4 is 15.3 Å². The van der Waals surface area contributed by atoms with Gasteiger partial charge in [0, 0.05) is 6.07 Å². The number of rotatable bonds is 3. The normalized spacial score (nSPS) is 18.9. The van der Waals surface area contributed by atoms with Crippen molar-refractivity contribution in [3.8, 4) is 5.88 Å². The second-order valence-corrected chi connectivity index (χ2v) is 5.91. The maximum Gasteiger partial charge on any atom is 0.352 e. The summed E-state index contributed by atoms with van der Waals surface area (Å²) in [7, 11) is 0. The first-order valence-electron chi connectivity index (χ1n) is 7.15. The van der Waals surface area contributed by atoms with Gasteiger partial charge in [-0.15, -0.1) is 0 Å². The van der Waals surface area contributed by atoms with Gasteiger partial charge in [0.15, 0.2) is 0 Å². The smallest absolute Gasteiger partial charge is 0.352 e. The van der Waals surface area contributed by atoms with Crippen LogP contribution in [0.15, 0.2) is 29.1 Å². The zero-order valence-electron chi connectivity index (χ0n) is 12.0. The van der Waals surface area contributed by atoms with Crippen LogP contribution in [0.25, 0.3) is 0 Å². The predicted octanol–water partition coefficient (Wildman–Crippen LogP) is 1.79. The largest absolute Gasteiger partial charge is 0.473 e. The number of hydrogen-bond acceptors (Lipinski definition) is 5. The van der Waals surface area contributed by atoms with Crippen LogP contribution in [0.5, 0.6) is 5.88 Å². The van der Waals surface area contributed by atoms with Gasteiger partial charge in [-0.05, 0) is 17.7 Å². The van der Waals surface area contributed by atoms with Gasteiger partial charge < -0.3 is 14.4 Å². The van der Waals surface area contributed by atoms with Crippen LogP contribution in [0.1, 0.15) is 5.56 Å².